The fourth-order valence-electron chi connectivity index (χ4n) is 3.13. The number of nitrogens with zero attached hydrogens (tertiary/aromatic N) is 1. The molecule has 19 heavy (non-hydrogen) atoms. The van der Waals surface area contributed by atoms with Gasteiger partial charge in [0.25, 0.3) is 0 Å². The summed E-state index contributed by atoms with van der Waals surface area (Å²) in [5.74, 6) is -0.172. The Morgan fingerprint density at radius 1 is 1.21 bits per heavy atom. The molecule has 0 spiro atoms. The molecule has 2 bridgehead atoms. The Labute approximate surface area is 113 Å². The number of piperidine rings is 1. The molecule has 2 aliphatic heterocycles. The van der Waals surface area contributed by atoms with Crippen molar-refractivity contribution in [3.05, 3.63) is 35.6 Å². The van der Waals surface area contributed by atoms with Crippen LogP contribution in [0.1, 0.15) is 18.4 Å². The maximum Gasteiger partial charge on any atom is 0.123 e. The summed E-state index contributed by atoms with van der Waals surface area (Å²) in [5.41, 5.74) is 1.14. The highest BCUT2D eigenvalue weighted by Gasteiger charge is 2.36. The van der Waals surface area contributed by atoms with Crippen LogP contribution < -0.4 is 5.32 Å². The van der Waals surface area contributed by atoms with Crippen molar-refractivity contribution in [2.75, 3.05) is 20.3 Å². The second kappa shape index (κ2) is 5.57. The third-order valence-corrected chi connectivity index (χ3v) is 4.39. The van der Waals surface area contributed by atoms with Gasteiger partial charge in [-0.1, -0.05) is 12.1 Å². The van der Waals surface area contributed by atoms with Gasteiger partial charge in [0.2, 0.25) is 0 Å². The molecule has 1 aromatic rings. The third-order valence-electron chi connectivity index (χ3n) is 4.39. The Hall–Kier alpha value is -0.970. The number of hydrogen-bond donors (Lipinski definition) is 1. The molecule has 2 atom stereocenters. The van der Waals surface area contributed by atoms with Gasteiger partial charge in [0, 0.05) is 24.7 Å². The van der Waals surface area contributed by atoms with E-state index in [9.17, 15) is 4.39 Å². The molecule has 2 unspecified atom stereocenters. The van der Waals surface area contributed by atoms with Crippen molar-refractivity contribution in [3.8, 4) is 0 Å². The van der Waals surface area contributed by atoms with Crippen molar-refractivity contribution in [3.63, 3.8) is 0 Å². The minimum absolute atomic E-state index is 0.172. The fraction of sp³-hybridized carbons (Fsp3) is 0.600. The number of rotatable bonds is 3. The van der Waals surface area contributed by atoms with Crippen LogP contribution in [0.25, 0.3) is 0 Å². The van der Waals surface area contributed by atoms with Crippen LogP contribution in [0.15, 0.2) is 24.3 Å². The van der Waals surface area contributed by atoms with Gasteiger partial charge in [0.15, 0.2) is 0 Å². The Balaban J connectivity index is 1.55. The van der Waals surface area contributed by atoms with Crippen molar-refractivity contribution in [2.24, 2.45) is 0 Å². The van der Waals surface area contributed by atoms with Crippen LogP contribution in [-0.2, 0) is 11.3 Å². The first-order chi connectivity index (χ1) is 9.22. The van der Waals surface area contributed by atoms with E-state index in [1.807, 2.05) is 12.1 Å². The van der Waals surface area contributed by atoms with Gasteiger partial charge in [-0.05, 0) is 37.6 Å². The minimum Gasteiger partial charge on any atom is -0.378 e. The van der Waals surface area contributed by atoms with Crippen LogP contribution in [0.5, 0.6) is 0 Å². The number of ether oxygens (including phenoxy) is 1. The number of fused-ring (bicyclic) bond motifs is 2. The summed E-state index contributed by atoms with van der Waals surface area (Å²) in [6, 6.07) is 8.36. The molecule has 3 rings (SSSR count). The van der Waals surface area contributed by atoms with Crippen LogP contribution in [0.3, 0.4) is 0 Å². The van der Waals surface area contributed by atoms with Crippen molar-refractivity contribution in [1.82, 2.24) is 10.2 Å². The highest BCUT2D eigenvalue weighted by molar-refractivity contribution is 5.16. The van der Waals surface area contributed by atoms with E-state index in [0.717, 1.165) is 38.2 Å². The van der Waals surface area contributed by atoms with Crippen molar-refractivity contribution in [1.29, 1.82) is 0 Å². The van der Waals surface area contributed by atoms with Gasteiger partial charge in [-0.2, -0.15) is 0 Å². The maximum absolute atomic E-state index is 12.8. The predicted molar refractivity (Wildman–Crippen MR) is 72.4 cm³/mol. The molecule has 0 aromatic heterocycles. The number of halogens is 1. The zero-order chi connectivity index (χ0) is 13.2. The molecule has 1 aromatic carbocycles. The molecular weight excluding hydrogens is 243 g/mol. The molecule has 3 nitrogen and oxygen atoms in total. The average Bonchev–Trinajstić information content (AvgIpc) is 2.39. The SMILES string of the molecule is CN1C2COCC1CC(NCc1ccc(F)cc1)C2. The number of hydrogen-bond acceptors (Lipinski definition) is 3. The molecule has 0 aliphatic carbocycles. The lowest BCUT2D eigenvalue weighted by atomic mass is 9.90. The van der Waals surface area contributed by atoms with Crippen molar-refractivity contribution in [2.45, 2.75) is 37.5 Å². The normalized spacial score (nSPS) is 31.4. The lowest BCUT2D eigenvalue weighted by Crippen LogP contribution is -2.58. The number of likely N-dealkylation sites (N-methyl/N-ethyl adjacent to an activating group) is 1. The van der Waals surface area contributed by atoms with E-state index >= 15 is 0 Å². The zero-order valence-electron chi connectivity index (χ0n) is 11.3. The summed E-state index contributed by atoms with van der Waals surface area (Å²) in [7, 11) is 2.20. The first-order valence-electron chi connectivity index (χ1n) is 7.00. The third kappa shape index (κ3) is 2.96. The molecule has 104 valence electrons. The van der Waals surface area contributed by atoms with E-state index in [1.165, 1.54) is 12.1 Å². The quantitative estimate of drug-likeness (QED) is 0.900. The highest BCUT2D eigenvalue weighted by atomic mass is 19.1. The molecule has 2 saturated heterocycles. The summed E-state index contributed by atoms with van der Waals surface area (Å²) < 4.78 is 18.5. The van der Waals surface area contributed by atoms with E-state index in [0.29, 0.717) is 18.1 Å². The lowest BCUT2D eigenvalue weighted by molar-refractivity contribution is -0.0680. The van der Waals surface area contributed by atoms with Gasteiger partial charge < -0.3 is 10.1 Å². The van der Waals surface area contributed by atoms with Gasteiger partial charge in [-0.25, -0.2) is 4.39 Å². The molecule has 0 saturated carbocycles. The maximum atomic E-state index is 12.8. The molecule has 0 amide bonds. The van der Waals surface area contributed by atoms with Gasteiger partial charge in [-0.3, -0.25) is 4.90 Å². The Morgan fingerprint density at radius 2 is 1.84 bits per heavy atom. The standard InChI is InChI=1S/C15H21FN2O/c1-18-14-6-13(7-15(18)10-19-9-14)17-8-11-2-4-12(16)5-3-11/h2-5,13-15,17H,6-10H2,1H3. The molecule has 2 heterocycles. The average molecular weight is 264 g/mol. The second-order valence-corrected chi connectivity index (χ2v) is 5.69. The number of benzene rings is 1. The molecular formula is C15H21FN2O. The Bertz CT molecular complexity index is 409. The van der Waals surface area contributed by atoms with E-state index in [-0.39, 0.29) is 5.82 Å². The lowest BCUT2D eigenvalue weighted by Gasteiger charge is -2.46. The number of morpholine rings is 1. The molecule has 2 fully saturated rings. The predicted octanol–water partition coefficient (Wildman–Crippen LogP) is 1.78. The summed E-state index contributed by atoms with van der Waals surface area (Å²) in [5, 5.41) is 3.60. The first-order valence-corrected chi connectivity index (χ1v) is 7.00. The molecule has 1 N–H and O–H groups in total. The molecule has 4 heteroatoms. The van der Waals surface area contributed by atoms with E-state index in [2.05, 4.69) is 17.3 Å². The highest BCUT2D eigenvalue weighted by Crippen LogP contribution is 2.26. The van der Waals surface area contributed by atoms with Crippen molar-refractivity contribution < 1.29 is 9.13 Å². The Kier molecular flexibility index (Phi) is 3.82. The van der Waals surface area contributed by atoms with Crippen LogP contribution >= 0.6 is 0 Å². The van der Waals surface area contributed by atoms with Gasteiger partial charge in [-0.15, -0.1) is 0 Å². The molecule has 2 aliphatic rings. The van der Waals surface area contributed by atoms with Crippen LogP contribution in [0.4, 0.5) is 4.39 Å². The topological polar surface area (TPSA) is 24.5 Å². The van der Waals surface area contributed by atoms with E-state index < -0.39 is 0 Å². The van der Waals surface area contributed by atoms with Gasteiger partial charge in [0.1, 0.15) is 5.82 Å². The largest absolute Gasteiger partial charge is 0.378 e. The van der Waals surface area contributed by atoms with Gasteiger partial charge in [0.05, 0.1) is 13.2 Å². The number of nitrogens with one attached hydrogen (secondary N) is 1. The first kappa shape index (κ1) is 13.0. The summed E-state index contributed by atoms with van der Waals surface area (Å²) in [6.45, 7) is 2.51. The smallest absolute Gasteiger partial charge is 0.123 e. The van der Waals surface area contributed by atoms with Crippen LogP contribution in [0.2, 0.25) is 0 Å². The zero-order valence-corrected chi connectivity index (χ0v) is 11.3. The van der Waals surface area contributed by atoms with E-state index in [4.69, 9.17) is 4.74 Å². The second-order valence-electron chi connectivity index (χ2n) is 5.69. The van der Waals surface area contributed by atoms with Crippen LogP contribution in [-0.4, -0.2) is 43.3 Å². The van der Waals surface area contributed by atoms with Gasteiger partial charge >= 0.3 is 0 Å². The summed E-state index contributed by atoms with van der Waals surface area (Å²) >= 11 is 0. The summed E-state index contributed by atoms with van der Waals surface area (Å²) in [6.07, 6.45) is 2.27. The van der Waals surface area contributed by atoms with Crippen molar-refractivity contribution >= 4 is 0 Å². The minimum atomic E-state index is -0.172. The molecule has 0 radical (unpaired) electrons. The Morgan fingerprint density at radius 3 is 2.47 bits per heavy atom. The summed E-state index contributed by atoms with van der Waals surface area (Å²) in [4.78, 5) is 2.46. The monoisotopic (exact) mass is 264 g/mol. The fourth-order valence-corrected chi connectivity index (χ4v) is 3.13. The van der Waals surface area contributed by atoms with Crippen LogP contribution in [0, 0.1) is 5.82 Å². The van der Waals surface area contributed by atoms with E-state index in [1.54, 1.807) is 0 Å².